The minimum absolute atomic E-state index is 0.196. The van der Waals surface area contributed by atoms with Crippen LogP contribution in [0.1, 0.15) is 21.7 Å². The predicted molar refractivity (Wildman–Crippen MR) is 94.0 cm³/mol. The molecule has 0 saturated heterocycles. The third kappa shape index (κ3) is 2.76. The lowest BCUT2D eigenvalue weighted by molar-refractivity contribution is 0.102. The summed E-state index contributed by atoms with van der Waals surface area (Å²) < 4.78 is 3.63. The lowest BCUT2D eigenvalue weighted by Crippen LogP contribution is -2.13. The SMILES string of the molecule is Cc1cc(C)n(-c2ccc(C(=O)Nc3cnc4cnccn34)cc2)n1. The molecule has 1 aromatic carbocycles. The molecule has 0 aliphatic carbocycles. The minimum atomic E-state index is -0.196. The zero-order valence-electron chi connectivity index (χ0n) is 13.8. The van der Waals surface area contributed by atoms with Crippen molar-refractivity contribution in [3.05, 3.63) is 72.1 Å². The van der Waals surface area contributed by atoms with Crippen molar-refractivity contribution in [3.63, 3.8) is 0 Å². The number of rotatable bonds is 3. The second-order valence-electron chi connectivity index (χ2n) is 5.79. The second-order valence-corrected chi connectivity index (χ2v) is 5.79. The zero-order valence-corrected chi connectivity index (χ0v) is 13.8. The van der Waals surface area contributed by atoms with E-state index in [0.29, 0.717) is 17.0 Å². The van der Waals surface area contributed by atoms with Gasteiger partial charge in [0.1, 0.15) is 5.82 Å². The number of aromatic nitrogens is 5. The van der Waals surface area contributed by atoms with Gasteiger partial charge in [0.15, 0.2) is 5.65 Å². The molecule has 0 saturated carbocycles. The van der Waals surface area contributed by atoms with Gasteiger partial charge < -0.3 is 5.32 Å². The summed E-state index contributed by atoms with van der Waals surface area (Å²) in [6, 6.07) is 9.34. The van der Waals surface area contributed by atoms with Crippen molar-refractivity contribution in [1.29, 1.82) is 0 Å². The first-order valence-electron chi connectivity index (χ1n) is 7.84. The molecule has 0 fully saturated rings. The Balaban J connectivity index is 1.57. The minimum Gasteiger partial charge on any atom is -0.306 e. The normalized spacial score (nSPS) is 11.0. The molecule has 1 N–H and O–H groups in total. The number of nitrogens with one attached hydrogen (secondary N) is 1. The van der Waals surface area contributed by atoms with E-state index >= 15 is 0 Å². The van der Waals surface area contributed by atoms with Gasteiger partial charge in [0.25, 0.3) is 5.91 Å². The summed E-state index contributed by atoms with van der Waals surface area (Å²) in [4.78, 5) is 20.7. The molecule has 0 bridgehead atoms. The molecular formula is C18H16N6O. The summed E-state index contributed by atoms with van der Waals surface area (Å²) in [5.41, 5.74) is 4.17. The highest BCUT2D eigenvalue weighted by atomic mass is 16.1. The molecule has 3 aromatic heterocycles. The maximum absolute atomic E-state index is 12.5. The van der Waals surface area contributed by atoms with E-state index in [1.165, 1.54) is 0 Å². The van der Waals surface area contributed by atoms with Crippen molar-refractivity contribution < 1.29 is 4.79 Å². The summed E-state index contributed by atoms with van der Waals surface area (Å²) in [5.74, 6) is 0.406. The number of carbonyl (C=O) groups excluding carboxylic acids is 1. The number of amides is 1. The van der Waals surface area contributed by atoms with Crippen LogP contribution in [0, 0.1) is 13.8 Å². The third-order valence-corrected chi connectivity index (χ3v) is 3.94. The van der Waals surface area contributed by atoms with Crippen molar-refractivity contribution in [2.45, 2.75) is 13.8 Å². The van der Waals surface area contributed by atoms with Gasteiger partial charge in [0, 0.05) is 23.7 Å². The van der Waals surface area contributed by atoms with Gasteiger partial charge in [-0.15, -0.1) is 0 Å². The van der Waals surface area contributed by atoms with Crippen LogP contribution in [0.3, 0.4) is 0 Å². The number of hydrogen-bond donors (Lipinski definition) is 1. The Morgan fingerprint density at radius 2 is 1.92 bits per heavy atom. The molecule has 1 amide bonds. The van der Waals surface area contributed by atoms with Gasteiger partial charge in [-0.2, -0.15) is 5.10 Å². The van der Waals surface area contributed by atoms with Crippen LogP contribution in [-0.4, -0.2) is 30.1 Å². The Morgan fingerprint density at radius 3 is 2.64 bits per heavy atom. The topological polar surface area (TPSA) is 77.1 Å². The Kier molecular flexibility index (Phi) is 3.53. The Labute approximate surface area is 144 Å². The summed E-state index contributed by atoms with van der Waals surface area (Å²) in [6.45, 7) is 3.96. The van der Waals surface area contributed by atoms with Crippen LogP contribution in [0.4, 0.5) is 5.82 Å². The largest absolute Gasteiger partial charge is 0.306 e. The summed E-state index contributed by atoms with van der Waals surface area (Å²) in [5, 5.41) is 7.32. The van der Waals surface area contributed by atoms with Crippen molar-refractivity contribution >= 4 is 17.4 Å². The van der Waals surface area contributed by atoms with Crippen molar-refractivity contribution in [3.8, 4) is 5.69 Å². The number of anilines is 1. The van der Waals surface area contributed by atoms with E-state index in [1.54, 1.807) is 41.3 Å². The number of imidazole rings is 1. The van der Waals surface area contributed by atoms with Crippen molar-refractivity contribution in [1.82, 2.24) is 24.1 Å². The first kappa shape index (κ1) is 15.1. The molecule has 0 spiro atoms. The average Bonchev–Trinajstić information content (AvgIpc) is 3.18. The highest BCUT2D eigenvalue weighted by Crippen LogP contribution is 2.15. The van der Waals surface area contributed by atoms with Crippen LogP contribution < -0.4 is 5.32 Å². The molecule has 0 atom stereocenters. The van der Waals surface area contributed by atoms with Crippen LogP contribution >= 0.6 is 0 Å². The predicted octanol–water partition coefficient (Wildman–Crippen LogP) is 2.78. The number of aryl methyl sites for hydroxylation is 2. The molecule has 25 heavy (non-hydrogen) atoms. The summed E-state index contributed by atoms with van der Waals surface area (Å²) in [7, 11) is 0. The van der Waals surface area contributed by atoms with Crippen LogP contribution in [-0.2, 0) is 0 Å². The van der Waals surface area contributed by atoms with E-state index in [0.717, 1.165) is 17.1 Å². The van der Waals surface area contributed by atoms with Gasteiger partial charge in [0.05, 0.1) is 23.8 Å². The van der Waals surface area contributed by atoms with E-state index in [9.17, 15) is 4.79 Å². The summed E-state index contributed by atoms with van der Waals surface area (Å²) >= 11 is 0. The van der Waals surface area contributed by atoms with Crippen molar-refractivity contribution in [2.75, 3.05) is 5.32 Å². The lowest BCUT2D eigenvalue weighted by atomic mass is 10.2. The fourth-order valence-corrected chi connectivity index (χ4v) is 2.77. The van der Waals surface area contributed by atoms with E-state index < -0.39 is 0 Å². The number of nitrogens with zero attached hydrogens (tertiary/aromatic N) is 5. The van der Waals surface area contributed by atoms with E-state index in [2.05, 4.69) is 20.4 Å². The van der Waals surface area contributed by atoms with Crippen LogP contribution in [0.2, 0.25) is 0 Å². The van der Waals surface area contributed by atoms with E-state index in [4.69, 9.17) is 0 Å². The molecule has 0 aliphatic heterocycles. The molecular weight excluding hydrogens is 316 g/mol. The molecule has 0 aliphatic rings. The Morgan fingerprint density at radius 1 is 1.12 bits per heavy atom. The molecule has 3 heterocycles. The highest BCUT2D eigenvalue weighted by molar-refractivity contribution is 6.04. The first-order valence-corrected chi connectivity index (χ1v) is 7.84. The summed E-state index contributed by atoms with van der Waals surface area (Å²) in [6.07, 6.45) is 6.65. The molecule has 0 unspecified atom stereocenters. The Hall–Kier alpha value is -3.48. The third-order valence-electron chi connectivity index (χ3n) is 3.94. The number of carbonyl (C=O) groups is 1. The first-order chi connectivity index (χ1) is 12.1. The number of fused-ring (bicyclic) bond motifs is 1. The van der Waals surface area contributed by atoms with E-state index in [-0.39, 0.29) is 5.91 Å². The lowest BCUT2D eigenvalue weighted by Gasteiger charge is -2.07. The molecule has 0 radical (unpaired) electrons. The number of benzene rings is 1. The van der Waals surface area contributed by atoms with Gasteiger partial charge in [-0.25, -0.2) is 9.67 Å². The highest BCUT2D eigenvalue weighted by Gasteiger charge is 2.10. The van der Waals surface area contributed by atoms with Gasteiger partial charge in [-0.05, 0) is 44.2 Å². The molecule has 7 heteroatoms. The van der Waals surface area contributed by atoms with Crippen LogP contribution in [0.15, 0.2) is 55.1 Å². The van der Waals surface area contributed by atoms with Crippen LogP contribution in [0.25, 0.3) is 11.3 Å². The molecule has 4 rings (SSSR count). The Bertz CT molecular complexity index is 1060. The van der Waals surface area contributed by atoms with Crippen molar-refractivity contribution in [2.24, 2.45) is 0 Å². The quantitative estimate of drug-likeness (QED) is 0.626. The standard InChI is InChI=1S/C18H16N6O/c1-12-9-13(2)24(22-12)15-5-3-14(4-6-15)18(25)21-17-11-20-16-10-19-7-8-23(16)17/h3-11H,1-2H3,(H,21,25). The molecule has 4 aromatic rings. The van der Waals surface area contributed by atoms with Gasteiger partial charge in [-0.3, -0.25) is 14.2 Å². The van der Waals surface area contributed by atoms with E-state index in [1.807, 2.05) is 36.7 Å². The fourth-order valence-electron chi connectivity index (χ4n) is 2.77. The van der Waals surface area contributed by atoms with Gasteiger partial charge in [0.2, 0.25) is 0 Å². The second kappa shape index (κ2) is 5.86. The molecule has 124 valence electrons. The van der Waals surface area contributed by atoms with Gasteiger partial charge >= 0.3 is 0 Å². The maximum Gasteiger partial charge on any atom is 0.256 e. The smallest absolute Gasteiger partial charge is 0.256 e. The fraction of sp³-hybridized carbons (Fsp3) is 0.111. The zero-order chi connectivity index (χ0) is 17.4. The molecule has 7 nitrogen and oxygen atoms in total. The maximum atomic E-state index is 12.5. The van der Waals surface area contributed by atoms with Gasteiger partial charge in [-0.1, -0.05) is 0 Å². The number of hydrogen-bond acceptors (Lipinski definition) is 4. The average molecular weight is 332 g/mol. The van der Waals surface area contributed by atoms with Crippen LogP contribution in [0.5, 0.6) is 0 Å². The monoisotopic (exact) mass is 332 g/mol.